The summed E-state index contributed by atoms with van der Waals surface area (Å²) in [5.41, 5.74) is 2.82. The smallest absolute Gasteiger partial charge is 0.154 e. The van der Waals surface area contributed by atoms with E-state index in [1.807, 2.05) is 37.3 Å². The number of hydrogen-bond donors (Lipinski definition) is 0. The third kappa shape index (κ3) is 2.64. The highest BCUT2D eigenvalue weighted by atomic mass is 32.2. The van der Waals surface area contributed by atoms with Crippen molar-refractivity contribution in [1.29, 1.82) is 0 Å². The zero-order chi connectivity index (χ0) is 13.3. The molecule has 0 bridgehead atoms. The third-order valence-electron chi connectivity index (χ3n) is 3.04. The van der Waals surface area contributed by atoms with E-state index < -0.39 is 15.1 Å². The fraction of sp³-hybridized carbons (Fsp3) is 0.286. The molecule has 3 nitrogen and oxygen atoms in total. The lowest BCUT2D eigenvalue weighted by Gasteiger charge is -2.09. The van der Waals surface area contributed by atoms with Gasteiger partial charge in [0.1, 0.15) is 5.76 Å². The largest absolute Gasteiger partial charge is 0.464 e. The van der Waals surface area contributed by atoms with Crippen LogP contribution in [-0.2, 0) is 9.84 Å². The van der Waals surface area contributed by atoms with Gasteiger partial charge in [0.05, 0.1) is 11.5 Å². The van der Waals surface area contributed by atoms with Crippen LogP contribution in [0, 0.1) is 6.92 Å². The van der Waals surface area contributed by atoms with E-state index in [1.54, 1.807) is 13.2 Å². The Kier molecular flexibility index (Phi) is 3.30. The summed E-state index contributed by atoms with van der Waals surface area (Å²) in [5.74, 6) is 0.797. The predicted octanol–water partition coefficient (Wildman–Crippen LogP) is 3.36. The van der Waals surface area contributed by atoms with Gasteiger partial charge in [-0.1, -0.05) is 24.3 Å². The lowest BCUT2D eigenvalue weighted by molar-refractivity contribution is 0.580. The SMILES string of the molecule is Cc1coc(-c2ccc(C(C)S(C)(=O)=O)cc2)c1. The van der Waals surface area contributed by atoms with Crippen LogP contribution in [0.15, 0.2) is 41.0 Å². The summed E-state index contributed by atoms with van der Waals surface area (Å²) < 4.78 is 28.3. The van der Waals surface area contributed by atoms with E-state index in [0.29, 0.717) is 0 Å². The molecule has 0 radical (unpaired) electrons. The van der Waals surface area contributed by atoms with Crippen LogP contribution < -0.4 is 0 Å². The third-order valence-corrected chi connectivity index (χ3v) is 4.59. The van der Waals surface area contributed by atoms with Gasteiger partial charge in [-0.15, -0.1) is 0 Å². The number of furan rings is 1. The molecule has 2 rings (SSSR count). The first-order valence-electron chi connectivity index (χ1n) is 5.72. The normalized spacial score (nSPS) is 13.5. The van der Waals surface area contributed by atoms with Crippen LogP contribution in [0.2, 0.25) is 0 Å². The quantitative estimate of drug-likeness (QED) is 0.854. The number of benzene rings is 1. The Bertz CT molecular complexity index is 636. The Morgan fingerprint density at radius 2 is 1.78 bits per heavy atom. The molecule has 4 heteroatoms. The predicted molar refractivity (Wildman–Crippen MR) is 72.1 cm³/mol. The second-order valence-electron chi connectivity index (χ2n) is 4.58. The standard InChI is InChI=1S/C14H16O3S/c1-10-8-14(17-9-10)13-6-4-12(5-7-13)11(2)18(3,15)16/h4-9,11H,1-3H3. The molecule has 0 spiro atoms. The van der Waals surface area contributed by atoms with Gasteiger partial charge in [0.15, 0.2) is 9.84 Å². The van der Waals surface area contributed by atoms with Crippen LogP contribution in [0.5, 0.6) is 0 Å². The Balaban J connectivity index is 2.31. The van der Waals surface area contributed by atoms with Gasteiger partial charge < -0.3 is 4.42 Å². The van der Waals surface area contributed by atoms with Gasteiger partial charge in [0, 0.05) is 11.8 Å². The molecule has 96 valence electrons. The first kappa shape index (κ1) is 12.9. The summed E-state index contributed by atoms with van der Waals surface area (Å²) >= 11 is 0. The van der Waals surface area contributed by atoms with Crippen LogP contribution >= 0.6 is 0 Å². The van der Waals surface area contributed by atoms with E-state index in [-0.39, 0.29) is 0 Å². The summed E-state index contributed by atoms with van der Waals surface area (Å²) in [4.78, 5) is 0. The Hall–Kier alpha value is -1.55. The minimum absolute atomic E-state index is 0.482. The minimum Gasteiger partial charge on any atom is -0.464 e. The molecule has 1 aromatic heterocycles. The van der Waals surface area contributed by atoms with Crippen LogP contribution in [0.3, 0.4) is 0 Å². The van der Waals surface area contributed by atoms with Crippen molar-refractivity contribution in [1.82, 2.24) is 0 Å². The second-order valence-corrected chi connectivity index (χ2v) is 6.95. The van der Waals surface area contributed by atoms with Crippen molar-refractivity contribution in [2.45, 2.75) is 19.1 Å². The maximum absolute atomic E-state index is 11.5. The van der Waals surface area contributed by atoms with Crippen LogP contribution in [0.25, 0.3) is 11.3 Å². The molecule has 0 aliphatic rings. The number of aryl methyl sites for hydroxylation is 1. The van der Waals surface area contributed by atoms with Crippen molar-refractivity contribution in [3.8, 4) is 11.3 Å². The molecule has 0 amide bonds. The average molecular weight is 264 g/mol. The number of sulfone groups is 1. The molecule has 2 aromatic rings. The average Bonchev–Trinajstić information content (AvgIpc) is 2.74. The summed E-state index contributed by atoms with van der Waals surface area (Å²) in [6, 6.07) is 9.39. The van der Waals surface area contributed by atoms with Crippen molar-refractivity contribution in [2.75, 3.05) is 6.26 Å². The topological polar surface area (TPSA) is 47.3 Å². The van der Waals surface area contributed by atoms with E-state index in [9.17, 15) is 8.42 Å². The van der Waals surface area contributed by atoms with Crippen molar-refractivity contribution >= 4 is 9.84 Å². The van der Waals surface area contributed by atoms with Crippen LogP contribution in [0.1, 0.15) is 23.3 Å². The monoisotopic (exact) mass is 264 g/mol. The maximum Gasteiger partial charge on any atom is 0.154 e. The highest BCUT2D eigenvalue weighted by Crippen LogP contribution is 2.26. The Morgan fingerprint density at radius 1 is 1.17 bits per heavy atom. The fourth-order valence-electron chi connectivity index (χ4n) is 1.75. The molecule has 0 fully saturated rings. The summed E-state index contributed by atoms with van der Waals surface area (Å²) in [6.07, 6.45) is 2.95. The molecule has 1 unspecified atom stereocenters. The Labute approximate surface area is 107 Å². The van der Waals surface area contributed by atoms with Gasteiger partial charge in [-0.2, -0.15) is 0 Å². The van der Waals surface area contributed by atoms with Crippen LogP contribution in [0.4, 0.5) is 0 Å². The second kappa shape index (κ2) is 4.61. The highest BCUT2D eigenvalue weighted by Gasteiger charge is 2.17. The van der Waals surface area contributed by atoms with E-state index in [2.05, 4.69) is 0 Å². The molecule has 1 atom stereocenters. The van der Waals surface area contributed by atoms with Gasteiger partial charge >= 0.3 is 0 Å². The van der Waals surface area contributed by atoms with Gasteiger partial charge in [-0.3, -0.25) is 0 Å². The minimum atomic E-state index is -3.05. The summed E-state index contributed by atoms with van der Waals surface area (Å²) in [7, 11) is -3.05. The maximum atomic E-state index is 11.5. The first-order valence-corrected chi connectivity index (χ1v) is 7.68. The molecule has 1 aromatic carbocycles. The van der Waals surface area contributed by atoms with Crippen molar-refractivity contribution in [3.05, 3.63) is 47.7 Å². The lowest BCUT2D eigenvalue weighted by atomic mass is 10.1. The molecule has 0 aliphatic heterocycles. The van der Waals surface area contributed by atoms with Crippen molar-refractivity contribution < 1.29 is 12.8 Å². The van der Waals surface area contributed by atoms with E-state index >= 15 is 0 Å². The highest BCUT2D eigenvalue weighted by molar-refractivity contribution is 7.90. The molecule has 18 heavy (non-hydrogen) atoms. The number of hydrogen-bond acceptors (Lipinski definition) is 3. The van der Waals surface area contributed by atoms with E-state index in [4.69, 9.17) is 4.42 Å². The van der Waals surface area contributed by atoms with Gasteiger partial charge in [0.2, 0.25) is 0 Å². The zero-order valence-electron chi connectivity index (χ0n) is 10.7. The van der Waals surface area contributed by atoms with Gasteiger partial charge in [-0.05, 0) is 31.0 Å². The van der Waals surface area contributed by atoms with Gasteiger partial charge in [-0.25, -0.2) is 8.42 Å². The van der Waals surface area contributed by atoms with Gasteiger partial charge in [0.25, 0.3) is 0 Å². The molecular formula is C14H16O3S. The van der Waals surface area contributed by atoms with Crippen LogP contribution in [-0.4, -0.2) is 14.7 Å². The fourth-order valence-corrected chi connectivity index (χ4v) is 2.40. The zero-order valence-corrected chi connectivity index (χ0v) is 11.5. The molecule has 0 saturated heterocycles. The summed E-state index contributed by atoms with van der Waals surface area (Å²) in [6.45, 7) is 3.66. The molecule has 0 saturated carbocycles. The molecule has 0 aliphatic carbocycles. The lowest BCUT2D eigenvalue weighted by Crippen LogP contribution is -2.07. The molecule has 0 N–H and O–H groups in total. The van der Waals surface area contributed by atoms with Crippen molar-refractivity contribution in [3.63, 3.8) is 0 Å². The van der Waals surface area contributed by atoms with E-state index in [0.717, 1.165) is 22.5 Å². The molecular weight excluding hydrogens is 248 g/mol. The Morgan fingerprint density at radius 3 is 2.22 bits per heavy atom. The van der Waals surface area contributed by atoms with E-state index in [1.165, 1.54) is 6.26 Å². The number of rotatable bonds is 3. The summed E-state index contributed by atoms with van der Waals surface area (Å²) in [5, 5.41) is -0.482. The van der Waals surface area contributed by atoms with Crippen molar-refractivity contribution in [2.24, 2.45) is 0 Å². The first-order chi connectivity index (χ1) is 8.38. The molecule has 1 heterocycles.